The molecule has 2 aliphatic heterocycles. The first-order chi connectivity index (χ1) is 18.4. The van der Waals surface area contributed by atoms with Crippen LogP contribution in [-0.2, 0) is 20.8 Å². The Morgan fingerprint density at radius 3 is 2.44 bits per heavy atom. The van der Waals surface area contributed by atoms with Gasteiger partial charge in [0.15, 0.2) is 17.7 Å². The number of hydrogen-bond acceptors (Lipinski definition) is 11. The van der Waals surface area contributed by atoms with Gasteiger partial charge in [0, 0.05) is 37.0 Å². The molecule has 0 saturated heterocycles. The van der Waals surface area contributed by atoms with E-state index in [0.29, 0.717) is 11.1 Å². The normalized spacial score (nSPS) is 32.3. The molecule has 0 radical (unpaired) electrons. The number of nitrogens with one attached hydrogen (secondary N) is 1. The summed E-state index contributed by atoms with van der Waals surface area (Å²) in [7, 11) is 0. The monoisotopic (exact) mass is 548 g/mol. The van der Waals surface area contributed by atoms with E-state index in [0.717, 1.165) is 0 Å². The molecule has 5 unspecified atom stereocenters. The Kier molecular flexibility index (Phi) is 7.92. The van der Waals surface area contributed by atoms with Crippen molar-refractivity contribution in [3.8, 4) is 11.5 Å². The predicted molar refractivity (Wildman–Crippen MR) is 127 cm³/mol. The maximum absolute atomic E-state index is 11.9. The van der Waals surface area contributed by atoms with Gasteiger partial charge in [0.2, 0.25) is 11.7 Å². The molecule has 1 fully saturated rings. The molecule has 1 aromatic rings. The minimum absolute atomic E-state index is 0.0282. The highest BCUT2D eigenvalue weighted by atomic mass is 16.5. The van der Waals surface area contributed by atoms with Gasteiger partial charge < -0.3 is 55.7 Å². The number of nitrogens with zero attached hydrogens (tertiary/aromatic N) is 1. The molecular weight excluding hydrogens is 520 g/mol. The Hall–Kier alpha value is -3.98. The molecule has 0 bridgehead atoms. The fraction of sp³-hybridized carbons (Fsp3) is 0.440. The molecule has 210 valence electrons. The third-order valence-corrected chi connectivity index (χ3v) is 7.15. The zero-order chi connectivity index (χ0) is 28.6. The number of carboxylic acids is 3. The van der Waals surface area contributed by atoms with E-state index in [1.807, 2.05) is 0 Å². The molecule has 0 spiro atoms. The first kappa shape index (κ1) is 28.0. The standard InChI is InChI=1S/C25H28N2O12/c28-9-12-7-19(21(31)22(32)20(12)30)39-18-6-11-5-16(25(37)38)27(15(11)8-17(18)29)2-1-10-3-13(23(33)34)26-14(4-10)24(35)36/h1-3,6,8,12,14,16,19-22,28,30-32H,4-5,7,9H2,(H4,29,33,34,35,36,37,38)/t12?,14-,16-,19?,20?,21?,22?/m0/s1. The molecule has 39 heavy (non-hydrogen) atoms. The lowest BCUT2D eigenvalue weighted by Gasteiger charge is -2.39. The minimum Gasteiger partial charge on any atom is -0.543 e. The van der Waals surface area contributed by atoms with E-state index in [-0.39, 0.29) is 36.4 Å². The van der Waals surface area contributed by atoms with Crippen LogP contribution in [0.5, 0.6) is 11.5 Å². The average Bonchev–Trinajstić information content (AvgIpc) is 3.24. The molecule has 3 aliphatic rings. The van der Waals surface area contributed by atoms with Gasteiger partial charge in [-0.05, 0) is 24.1 Å². The fourth-order valence-electron chi connectivity index (χ4n) is 5.02. The molecule has 14 heteroatoms. The molecule has 8 N–H and O–H groups in total. The lowest BCUT2D eigenvalue weighted by atomic mass is 9.81. The van der Waals surface area contributed by atoms with Crippen LogP contribution in [0.25, 0.3) is 0 Å². The van der Waals surface area contributed by atoms with E-state index in [9.17, 15) is 55.2 Å². The second kappa shape index (κ2) is 11.0. The maximum atomic E-state index is 11.9. The summed E-state index contributed by atoms with van der Waals surface area (Å²) in [4.78, 5) is 34.7. The molecule has 14 nitrogen and oxygen atoms in total. The van der Waals surface area contributed by atoms with Crippen LogP contribution in [0.2, 0.25) is 0 Å². The van der Waals surface area contributed by atoms with Crippen LogP contribution < -0.4 is 15.2 Å². The smallest absolute Gasteiger partial charge is 0.351 e. The summed E-state index contributed by atoms with van der Waals surface area (Å²) >= 11 is 0. The molecule has 2 heterocycles. The van der Waals surface area contributed by atoms with Crippen LogP contribution in [0.15, 0.2) is 35.6 Å². The van der Waals surface area contributed by atoms with Crippen molar-refractivity contribution in [1.29, 1.82) is 0 Å². The summed E-state index contributed by atoms with van der Waals surface area (Å²) in [6.07, 6.45) is -1.80. The number of aliphatic hydroxyl groups excluding tert-OH is 4. The van der Waals surface area contributed by atoms with Gasteiger partial charge in [-0.15, -0.1) is 0 Å². The second-order valence-corrected chi connectivity index (χ2v) is 9.69. The van der Waals surface area contributed by atoms with Crippen molar-refractivity contribution in [1.82, 2.24) is 5.32 Å². The number of fused-ring (bicyclic) bond motifs is 1. The Bertz CT molecular complexity index is 1270. The van der Waals surface area contributed by atoms with Gasteiger partial charge in [-0.2, -0.15) is 4.58 Å². The van der Waals surface area contributed by atoms with Gasteiger partial charge in [-0.25, -0.2) is 9.59 Å². The van der Waals surface area contributed by atoms with Crippen LogP contribution >= 0.6 is 0 Å². The Balaban J connectivity index is 1.66. The quantitative estimate of drug-likeness (QED) is 0.158. The number of rotatable bonds is 7. The number of allylic oxidation sites excluding steroid dienone is 2. The van der Waals surface area contributed by atoms with Crippen LogP contribution in [0, 0.1) is 5.92 Å². The number of phenolic OH excluding ortho intramolecular Hbond substituents is 1. The number of carboxylic acid groups (broad SMARTS) is 3. The first-order valence-electron chi connectivity index (χ1n) is 12.1. The lowest BCUT2D eigenvalue weighted by Crippen LogP contribution is -2.56. The van der Waals surface area contributed by atoms with Crippen LogP contribution in [0.4, 0.5) is 5.69 Å². The van der Waals surface area contributed by atoms with Gasteiger partial charge in [0.05, 0.1) is 12.2 Å². The lowest BCUT2D eigenvalue weighted by molar-refractivity contribution is -0.475. The minimum atomic E-state index is -1.59. The fourth-order valence-corrected chi connectivity index (χ4v) is 5.02. The molecule has 0 amide bonds. The highest BCUT2D eigenvalue weighted by molar-refractivity contribution is 5.89. The number of carbonyl (C=O) groups excluding carboxylic acids is 1. The molecule has 1 saturated carbocycles. The van der Waals surface area contributed by atoms with Gasteiger partial charge in [-0.3, -0.25) is 0 Å². The number of aliphatic hydroxyl groups is 4. The Morgan fingerprint density at radius 2 is 1.82 bits per heavy atom. The van der Waals surface area contributed by atoms with E-state index in [4.69, 9.17) is 4.74 Å². The zero-order valence-electron chi connectivity index (χ0n) is 20.4. The third kappa shape index (κ3) is 5.59. The van der Waals surface area contributed by atoms with Crippen molar-refractivity contribution >= 4 is 29.8 Å². The highest BCUT2D eigenvalue weighted by Gasteiger charge is 2.44. The van der Waals surface area contributed by atoms with Gasteiger partial charge in [-0.1, -0.05) is 0 Å². The van der Waals surface area contributed by atoms with Crippen molar-refractivity contribution in [3.63, 3.8) is 0 Å². The van der Waals surface area contributed by atoms with Gasteiger partial charge >= 0.3 is 11.9 Å². The topological polar surface area (TPSA) is 240 Å². The van der Waals surface area contributed by atoms with Crippen molar-refractivity contribution in [2.45, 2.75) is 55.8 Å². The number of ether oxygens (including phenoxy) is 1. The highest BCUT2D eigenvalue weighted by Crippen LogP contribution is 2.41. The predicted octanol–water partition coefficient (Wildman–Crippen LogP) is -3.03. The van der Waals surface area contributed by atoms with Crippen LogP contribution in [0.1, 0.15) is 18.4 Å². The van der Waals surface area contributed by atoms with Gasteiger partial charge in [0.1, 0.15) is 36.0 Å². The molecule has 0 aromatic heterocycles. The SMILES string of the molecule is O=C(O)C1=C/C(=C/C=[N+]2c3cc(O)c(OC4CC(CO)C(O)C(O)C4O)cc3C[C@H]2C(=O)[O-])C[C@@H](C(=O)O)N1. The van der Waals surface area contributed by atoms with Crippen molar-refractivity contribution in [3.05, 3.63) is 41.1 Å². The van der Waals surface area contributed by atoms with Crippen molar-refractivity contribution in [2.24, 2.45) is 5.92 Å². The van der Waals surface area contributed by atoms with Crippen LogP contribution in [-0.4, -0.2) is 108 Å². The summed E-state index contributed by atoms with van der Waals surface area (Å²) in [6.45, 7) is -0.471. The van der Waals surface area contributed by atoms with E-state index in [1.54, 1.807) is 0 Å². The number of hydrogen-bond donors (Lipinski definition) is 8. The summed E-state index contributed by atoms with van der Waals surface area (Å²) in [5.41, 5.74) is 0.660. The second-order valence-electron chi connectivity index (χ2n) is 9.69. The molecule has 7 atom stereocenters. The summed E-state index contributed by atoms with van der Waals surface area (Å²) in [5, 5.41) is 83.4. The number of carbonyl (C=O) groups is 3. The molecule has 4 rings (SSSR count). The summed E-state index contributed by atoms with van der Waals surface area (Å²) in [6, 6.07) is 0.177. The van der Waals surface area contributed by atoms with E-state index >= 15 is 0 Å². The van der Waals surface area contributed by atoms with Crippen molar-refractivity contribution in [2.75, 3.05) is 6.61 Å². The number of benzene rings is 1. The zero-order valence-corrected chi connectivity index (χ0v) is 20.4. The largest absolute Gasteiger partial charge is 0.543 e. The average molecular weight is 549 g/mol. The molecular formula is C25H28N2O12. The molecule has 1 aromatic carbocycles. The number of aliphatic carboxylic acids is 3. The number of aromatic hydroxyl groups is 1. The Labute approximate surface area is 221 Å². The van der Waals surface area contributed by atoms with Crippen LogP contribution in [0.3, 0.4) is 0 Å². The van der Waals surface area contributed by atoms with E-state index in [2.05, 4.69) is 5.32 Å². The maximum Gasteiger partial charge on any atom is 0.351 e. The molecule has 1 aliphatic carbocycles. The Morgan fingerprint density at radius 1 is 1.10 bits per heavy atom. The van der Waals surface area contributed by atoms with E-state index in [1.165, 1.54) is 35.1 Å². The van der Waals surface area contributed by atoms with Crippen molar-refractivity contribution < 1.29 is 64.5 Å². The summed E-state index contributed by atoms with van der Waals surface area (Å²) < 4.78 is 7.00. The summed E-state index contributed by atoms with van der Waals surface area (Å²) in [5.74, 6) is -5.39. The van der Waals surface area contributed by atoms with E-state index < -0.39 is 72.7 Å². The first-order valence-corrected chi connectivity index (χ1v) is 12.1. The van der Waals surface area contributed by atoms with Gasteiger partial charge in [0.25, 0.3) is 0 Å². The third-order valence-electron chi connectivity index (χ3n) is 7.15. The number of phenols is 1.